The van der Waals surface area contributed by atoms with Gasteiger partial charge in [0, 0.05) is 16.4 Å². The number of aromatic nitrogens is 2. The maximum atomic E-state index is 6.27. The van der Waals surface area contributed by atoms with Gasteiger partial charge in [-0.2, -0.15) is 5.10 Å². The Labute approximate surface area is 138 Å². The average molecular weight is 428 g/mol. The number of rotatable bonds is 5. The van der Waals surface area contributed by atoms with E-state index in [1.807, 2.05) is 11.7 Å². The van der Waals surface area contributed by atoms with Crippen LogP contribution in [0.5, 0.6) is 0 Å². The highest BCUT2D eigenvalue weighted by Crippen LogP contribution is 2.38. The summed E-state index contributed by atoms with van der Waals surface area (Å²) in [4.78, 5) is 1.21. The van der Waals surface area contributed by atoms with Gasteiger partial charge in [0.1, 0.15) is 0 Å². The molecule has 0 spiro atoms. The van der Waals surface area contributed by atoms with Crippen LogP contribution in [-0.2, 0) is 7.05 Å². The SMILES string of the molecule is CCCNC(c1cc(Br)c(Br)s1)c1c(Cl)cnn1C. The predicted molar refractivity (Wildman–Crippen MR) is 88.1 cm³/mol. The lowest BCUT2D eigenvalue weighted by Gasteiger charge is -2.18. The number of thiophene rings is 1. The normalized spacial score (nSPS) is 12.9. The molecule has 0 aliphatic rings. The minimum atomic E-state index is 0.0625. The standard InChI is InChI=1S/C12H14Br2ClN3S/c1-3-4-16-10(9-5-7(13)12(14)19-9)11-8(15)6-17-18(11)2/h5-6,10,16H,3-4H2,1-2H3. The highest BCUT2D eigenvalue weighted by Gasteiger charge is 2.23. The van der Waals surface area contributed by atoms with E-state index in [1.54, 1.807) is 17.5 Å². The third-order valence-electron chi connectivity index (χ3n) is 2.76. The Morgan fingerprint density at radius 3 is 2.74 bits per heavy atom. The summed E-state index contributed by atoms with van der Waals surface area (Å²) in [6, 6.07) is 2.18. The van der Waals surface area contributed by atoms with Crippen molar-refractivity contribution < 1.29 is 0 Å². The Balaban J connectivity index is 2.41. The Kier molecular flexibility index (Phi) is 5.48. The Bertz CT molecular complexity index is 528. The molecule has 3 nitrogen and oxygen atoms in total. The van der Waals surface area contributed by atoms with Gasteiger partial charge in [0.15, 0.2) is 0 Å². The van der Waals surface area contributed by atoms with Crippen LogP contribution in [0.1, 0.15) is 30.0 Å². The molecule has 0 bridgehead atoms. The van der Waals surface area contributed by atoms with E-state index in [0.717, 1.165) is 26.9 Å². The van der Waals surface area contributed by atoms with Gasteiger partial charge in [-0.05, 0) is 50.9 Å². The smallest absolute Gasteiger partial charge is 0.0857 e. The predicted octanol–water partition coefficient (Wildman–Crippen LogP) is 4.75. The summed E-state index contributed by atoms with van der Waals surface area (Å²) >= 11 is 15.0. The summed E-state index contributed by atoms with van der Waals surface area (Å²) in [7, 11) is 1.92. The first-order valence-corrected chi connectivity index (χ1v) is 8.68. The lowest BCUT2D eigenvalue weighted by Crippen LogP contribution is -2.24. The third-order valence-corrected chi connectivity index (χ3v) is 6.37. The summed E-state index contributed by atoms with van der Waals surface area (Å²) in [5.41, 5.74) is 0.997. The van der Waals surface area contributed by atoms with Gasteiger partial charge < -0.3 is 5.32 Å². The quantitative estimate of drug-likeness (QED) is 0.746. The van der Waals surface area contributed by atoms with Crippen LogP contribution in [0.25, 0.3) is 0 Å². The van der Waals surface area contributed by atoms with Crippen LogP contribution in [0.15, 0.2) is 20.5 Å². The molecular weight excluding hydrogens is 413 g/mol. The van der Waals surface area contributed by atoms with E-state index >= 15 is 0 Å². The van der Waals surface area contributed by atoms with Crippen molar-refractivity contribution in [2.45, 2.75) is 19.4 Å². The molecule has 0 radical (unpaired) electrons. The maximum absolute atomic E-state index is 6.27. The van der Waals surface area contributed by atoms with Crippen LogP contribution in [0.2, 0.25) is 5.02 Å². The van der Waals surface area contributed by atoms with Gasteiger partial charge in [-0.15, -0.1) is 11.3 Å². The average Bonchev–Trinajstić information content (AvgIpc) is 2.86. The molecule has 2 aromatic heterocycles. The lowest BCUT2D eigenvalue weighted by molar-refractivity contribution is 0.560. The molecule has 2 heterocycles. The minimum Gasteiger partial charge on any atom is -0.304 e. The molecule has 2 rings (SSSR count). The number of hydrogen-bond donors (Lipinski definition) is 1. The van der Waals surface area contributed by atoms with Gasteiger partial charge in [-0.3, -0.25) is 4.68 Å². The second kappa shape index (κ2) is 6.72. The van der Waals surface area contributed by atoms with Crippen LogP contribution in [0.4, 0.5) is 0 Å². The van der Waals surface area contributed by atoms with Gasteiger partial charge in [0.05, 0.1) is 26.7 Å². The third kappa shape index (κ3) is 3.42. The van der Waals surface area contributed by atoms with E-state index in [4.69, 9.17) is 11.6 Å². The molecule has 7 heteroatoms. The van der Waals surface area contributed by atoms with Crippen molar-refractivity contribution in [2.24, 2.45) is 7.05 Å². The number of halogens is 3. The lowest BCUT2D eigenvalue weighted by atomic mass is 10.1. The van der Waals surface area contributed by atoms with Crippen LogP contribution in [0.3, 0.4) is 0 Å². The summed E-state index contributed by atoms with van der Waals surface area (Å²) in [6.45, 7) is 3.08. The second-order valence-electron chi connectivity index (χ2n) is 4.16. The monoisotopic (exact) mass is 425 g/mol. The first kappa shape index (κ1) is 15.5. The number of nitrogens with zero attached hydrogens (tertiary/aromatic N) is 2. The summed E-state index contributed by atoms with van der Waals surface area (Å²) in [5, 5.41) is 8.45. The van der Waals surface area contributed by atoms with E-state index < -0.39 is 0 Å². The van der Waals surface area contributed by atoms with Crippen molar-refractivity contribution in [1.82, 2.24) is 15.1 Å². The van der Waals surface area contributed by atoms with E-state index in [1.165, 1.54) is 4.88 Å². The van der Waals surface area contributed by atoms with E-state index in [0.29, 0.717) is 5.02 Å². The Morgan fingerprint density at radius 1 is 1.53 bits per heavy atom. The second-order valence-corrected chi connectivity index (χ2v) is 7.82. The van der Waals surface area contributed by atoms with Crippen LogP contribution in [0, 0.1) is 0 Å². The summed E-state index contributed by atoms with van der Waals surface area (Å²) in [5.74, 6) is 0. The molecule has 19 heavy (non-hydrogen) atoms. The highest BCUT2D eigenvalue weighted by atomic mass is 79.9. The molecule has 0 saturated heterocycles. The van der Waals surface area contributed by atoms with Gasteiger partial charge in [-0.1, -0.05) is 18.5 Å². The van der Waals surface area contributed by atoms with Gasteiger partial charge in [0.25, 0.3) is 0 Å². The van der Waals surface area contributed by atoms with Crippen LogP contribution < -0.4 is 5.32 Å². The highest BCUT2D eigenvalue weighted by molar-refractivity contribution is 9.13. The van der Waals surface area contributed by atoms with E-state index in [-0.39, 0.29) is 6.04 Å². The Morgan fingerprint density at radius 2 is 2.26 bits per heavy atom. The van der Waals surface area contributed by atoms with Crippen molar-refractivity contribution in [3.05, 3.63) is 36.1 Å². The number of aryl methyl sites for hydroxylation is 1. The van der Waals surface area contributed by atoms with Crippen LogP contribution in [-0.4, -0.2) is 16.3 Å². The zero-order valence-electron chi connectivity index (χ0n) is 10.6. The first-order chi connectivity index (χ1) is 9.04. The molecule has 0 aliphatic carbocycles. The van der Waals surface area contributed by atoms with Gasteiger partial charge >= 0.3 is 0 Å². The molecule has 0 saturated carbocycles. The minimum absolute atomic E-state index is 0.0625. The van der Waals surface area contributed by atoms with E-state index in [9.17, 15) is 0 Å². The van der Waals surface area contributed by atoms with Crippen molar-refractivity contribution in [3.63, 3.8) is 0 Å². The molecule has 1 unspecified atom stereocenters. The fraction of sp³-hybridized carbons (Fsp3) is 0.417. The maximum Gasteiger partial charge on any atom is 0.0857 e. The van der Waals surface area contributed by atoms with Crippen molar-refractivity contribution in [3.8, 4) is 0 Å². The molecule has 104 valence electrons. The largest absolute Gasteiger partial charge is 0.304 e. The van der Waals surface area contributed by atoms with Crippen molar-refractivity contribution >= 4 is 54.8 Å². The molecule has 0 amide bonds. The summed E-state index contributed by atoms with van der Waals surface area (Å²) < 4.78 is 3.98. The van der Waals surface area contributed by atoms with Crippen molar-refractivity contribution in [2.75, 3.05) is 6.54 Å². The zero-order chi connectivity index (χ0) is 14.0. The molecule has 0 aromatic carbocycles. The van der Waals surface area contributed by atoms with E-state index in [2.05, 4.69) is 55.3 Å². The fourth-order valence-corrected chi connectivity index (χ4v) is 4.32. The molecule has 1 N–H and O–H groups in total. The summed E-state index contributed by atoms with van der Waals surface area (Å²) in [6.07, 6.45) is 2.76. The molecule has 0 fully saturated rings. The molecule has 1 atom stereocenters. The van der Waals surface area contributed by atoms with Crippen LogP contribution >= 0.6 is 54.8 Å². The first-order valence-electron chi connectivity index (χ1n) is 5.90. The Hall–Kier alpha value is 0.120. The molecule has 0 aliphatic heterocycles. The van der Waals surface area contributed by atoms with Gasteiger partial charge in [-0.25, -0.2) is 0 Å². The molecular formula is C12H14Br2ClN3S. The number of hydrogen-bond acceptors (Lipinski definition) is 3. The van der Waals surface area contributed by atoms with Gasteiger partial charge in [0.2, 0.25) is 0 Å². The molecule has 2 aromatic rings. The number of nitrogens with one attached hydrogen (secondary N) is 1. The van der Waals surface area contributed by atoms with Crippen molar-refractivity contribution in [1.29, 1.82) is 0 Å². The zero-order valence-corrected chi connectivity index (χ0v) is 15.3. The topological polar surface area (TPSA) is 29.9 Å². The fourth-order valence-electron chi connectivity index (χ4n) is 1.87.